The van der Waals surface area contributed by atoms with E-state index in [1.807, 2.05) is 43.3 Å². The summed E-state index contributed by atoms with van der Waals surface area (Å²) >= 11 is 0. The number of aryl methyl sites for hydroxylation is 1. The SMILES string of the molecule is Cc1cc(CN)nc(Oc2ccc3cccnc3c2)n1. The van der Waals surface area contributed by atoms with Crippen LogP contribution in [0.25, 0.3) is 10.9 Å². The van der Waals surface area contributed by atoms with Crippen LogP contribution in [-0.4, -0.2) is 15.0 Å². The second kappa shape index (κ2) is 5.22. The van der Waals surface area contributed by atoms with E-state index < -0.39 is 0 Å². The van der Waals surface area contributed by atoms with Gasteiger partial charge in [-0.3, -0.25) is 4.98 Å². The zero-order valence-corrected chi connectivity index (χ0v) is 11.1. The summed E-state index contributed by atoms with van der Waals surface area (Å²) < 4.78 is 5.69. The lowest BCUT2D eigenvalue weighted by Gasteiger charge is -2.07. The minimum atomic E-state index is 0.306. The van der Waals surface area contributed by atoms with Crippen molar-refractivity contribution < 1.29 is 4.74 Å². The number of fused-ring (bicyclic) bond motifs is 1. The highest BCUT2D eigenvalue weighted by Gasteiger charge is 2.05. The fourth-order valence-corrected chi connectivity index (χ4v) is 1.97. The van der Waals surface area contributed by atoms with E-state index >= 15 is 0 Å². The lowest BCUT2D eigenvalue weighted by molar-refractivity contribution is 0.438. The molecule has 2 heterocycles. The van der Waals surface area contributed by atoms with Crippen LogP contribution in [0.2, 0.25) is 0 Å². The molecule has 0 fully saturated rings. The Hall–Kier alpha value is -2.53. The Kier molecular flexibility index (Phi) is 3.26. The van der Waals surface area contributed by atoms with Crippen LogP contribution in [0, 0.1) is 6.92 Å². The standard InChI is InChI=1S/C15H14N4O/c1-10-7-12(9-16)19-15(18-10)20-13-5-4-11-3-2-6-17-14(11)8-13/h2-8H,9,16H2,1H3. The quantitative estimate of drug-likeness (QED) is 0.788. The van der Waals surface area contributed by atoms with Crippen molar-refractivity contribution in [1.29, 1.82) is 0 Å². The van der Waals surface area contributed by atoms with Gasteiger partial charge in [0.05, 0.1) is 11.2 Å². The van der Waals surface area contributed by atoms with E-state index in [-0.39, 0.29) is 0 Å². The third kappa shape index (κ3) is 2.57. The normalized spacial score (nSPS) is 10.7. The molecule has 0 bridgehead atoms. The molecule has 0 amide bonds. The molecule has 3 aromatic rings. The molecule has 3 rings (SSSR count). The minimum absolute atomic E-state index is 0.306. The number of pyridine rings is 1. The predicted octanol–water partition coefficient (Wildman–Crippen LogP) is 2.58. The third-order valence-electron chi connectivity index (χ3n) is 2.88. The summed E-state index contributed by atoms with van der Waals surface area (Å²) in [4.78, 5) is 12.8. The number of rotatable bonds is 3. The van der Waals surface area contributed by atoms with Crippen LogP contribution in [-0.2, 0) is 6.54 Å². The van der Waals surface area contributed by atoms with E-state index in [1.54, 1.807) is 6.20 Å². The van der Waals surface area contributed by atoms with Gasteiger partial charge < -0.3 is 10.5 Å². The zero-order chi connectivity index (χ0) is 13.9. The Morgan fingerprint density at radius 1 is 1.15 bits per heavy atom. The number of hydrogen-bond acceptors (Lipinski definition) is 5. The van der Waals surface area contributed by atoms with Crippen LogP contribution in [0.3, 0.4) is 0 Å². The molecule has 20 heavy (non-hydrogen) atoms. The Labute approximate surface area is 116 Å². The fraction of sp³-hybridized carbons (Fsp3) is 0.133. The highest BCUT2D eigenvalue weighted by Crippen LogP contribution is 2.22. The molecule has 100 valence electrons. The lowest BCUT2D eigenvalue weighted by Crippen LogP contribution is -2.03. The molecule has 5 nitrogen and oxygen atoms in total. The van der Waals surface area contributed by atoms with Crippen molar-refractivity contribution in [3.8, 4) is 11.8 Å². The topological polar surface area (TPSA) is 73.9 Å². The number of benzene rings is 1. The van der Waals surface area contributed by atoms with Gasteiger partial charge in [-0.05, 0) is 31.2 Å². The summed E-state index contributed by atoms with van der Waals surface area (Å²) in [6, 6.07) is 11.7. The first-order chi connectivity index (χ1) is 9.74. The van der Waals surface area contributed by atoms with Crippen LogP contribution in [0.5, 0.6) is 11.8 Å². The van der Waals surface area contributed by atoms with Crippen molar-refractivity contribution in [2.45, 2.75) is 13.5 Å². The molecular weight excluding hydrogens is 252 g/mol. The third-order valence-corrected chi connectivity index (χ3v) is 2.88. The molecule has 2 aromatic heterocycles. The molecule has 2 N–H and O–H groups in total. The summed E-state index contributed by atoms with van der Waals surface area (Å²) in [5, 5.41) is 1.06. The van der Waals surface area contributed by atoms with Gasteiger partial charge in [0.1, 0.15) is 5.75 Å². The highest BCUT2D eigenvalue weighted by molar-refractivity contribution is 5.79. The van der Waals surface area contributed by atoms with Gasteiger partial charge >= 0.3 is 6.01 Å². The number of aromatic nitrogens is 3. The van der Waals surface area contributed by atoms with Gasteiger partial charge in [0.15, 0.2) is 0 Å². The second-order valence-corrected chi connectivity index (χ2v) is 4.45. The van der Waals surface area contributed by atoms with E-state index in [2.05, 4.69) is 15.0 Å². The fourth-order valence-electron chi connectivity index (χ4n) is 1.97. The summed E-state index contributed by atoms with van der Waals surface area (Å²) in [5.74, 6) is 0.657. The molecule has 0 radical (unpaired) electrons. The largest absolute Gasteiger partial charge is 0.424 e. The molecule has 0 unspecified atom stereocenters. The smallest absolute Gasteiger partial charge is 0.322 e. The molecular formula is C15H14N4O. The van der Waals surface area contributed by atoms with E-state index in [0.29, 0.717) is 18.3 Å². The molecule has 0 saturated carbocycles. The Balaban J connectivity index is 1.94. The van der Waals surface area contributed by atoms with E-state index in [1.165, 1.54) is 0 Å². The van der Waals surface area contributed by atoms with Gasteiger partial charge in [-0.1, -0.05) is 6.07 Å². The van der Waals surface area contributed by atoms with Crippen molar-refractivity contribution in [1.82, 2.24) is 15.0 Å². The molecule has 0 spiro atoms. The summed E-state index contributed by atoms with van der Waals surface area (Å²) in [7, 11) is 0. The van der Waals surface area contributed by atoms with Crippen LogP contribution >= 0.6 is 0 Å². The van der Waals surface area contributed by atoms with E-state index in [9.17, 15) is 0 Å². The summed E-state index contributed by atoms with van der Waals surface area (Å²) in [6.45, 7) is 2.24. The molecule has 0 aliphatic heterocycles. The predicted molar refractivity (Wildman–Crippen MR) is 76.5 cm³/mol. The molecule has 0 aliphatic rings. The van der Waals surface area contributed by atoms with Gasteiger partial charge in [0.2, 0.25) is 0 Å². The van der Waals surface area contributed by atoms with E-state index in [4.69, 9.17) is 10.5 Å². The second-order valence-electron chi connectivity index (χ2n) is 4.45. The van der Waals surface area contributed by atoms with Crippen molar-refractivity contribution in [2.75, 3.05) is 0 Å². The van der Waals surface area contributed by atoms with Crippen molar-refractivity contribution in [3.63, 3.8) is 0 Å². The molecule has 1 aromatic carbocycles. The van der Waals surface area contributed by atoms with Crippen molar-refractivity contribution >= 4 is 10.9 Å². The average Bonchev–Trinajstić information content (AvgIpc) is 2.46. The van der Waals surface area contributed by atoms with E-state index in [0.717, 1.165) is 22.3 Å². The van der Waals surface area contributed by atoms with Crippen LogP contribution in [0.15, 0.2) is 42.6 Å². The Bertz CT molecular complexity index is 758. The van der Waals surface area contributed by atoms with Gasteiger partial charge in [0, 0.05) is 29.9 Å². The first-order valence-corrected chi connectivity index (χ1v) is 6.32. The summed E-state index contributed by atoms with van der Waals surface area (Å²) in [5.41, 5.74) is 8.06. The van der Waals surface area contributed by atoms with Gasteiger partial charge in [-0.15, -0.1) is 0 Å². The number of nitrogens with two attached hydrogens (primary N) is 1. The van der Waals surface area contributed by atoms with Crippen LogP contribution in [0.4, 0.5) is 0 Å². The van der Waals surface area contributed by atoms with Gasteiger partial charge in [-0.2, -0.15) is 4.98 Å². The van der Waals surface area contributed by atoms with Gasteiger partial charge in [0.25, 0.3) is 0 Å². The monoisotopic (exact) mass is 266 g/mol. The Morgan fingerprint density at radius 2 is 2.05 bits per heavy atom. The van der Waals surface area contributed by atoms with Crippen molar-refractivity contribution in [2.24, 2.45) is 5.73 Å². The highest BCUT2D eigenvalue weighted by atomic mass is 16.5. The first kappa shape index (κ1) is 12.5. The number of ether oxygens (including phenoxy) is 1. The lowest BCUT2D eigenvalue weighted by atomic mass is 10.2. The molecule has 0 aliphatic carbocycles. The first-order valence-electron chi connectivity index (χ1n) is 6.32. The maximum absolute atomic E-state index is 5.69. The Morgan fingerprint density at radius 3 is 2.90 bits per heavy atom. The molecule has 0 atom stereocenters. The maximum Gasteiger partial charge on any atom is 0.322 e. The van der Waals surface area contributed by atoms with Crippen molar-refractivity contribution in [3.05, 3.63) is 54.0 Å². The molecule has 0 saturated heterocycles. The van der Waals surface area contributed by atoms with Crippen LogP contribution < -0.4 is 10.5 Å². The maximum atomic E-state index is 5.69. The van der Waals surface area contributed by atoms with Crippen LogP contribution in [0.1, 0.15) is 11.4 Å². The molecule has 5 heteroatoms. The van der Waals surface area contributed by atoms with Gasteiger partial charge in [-0.25, -0.2) is 4.98 Å². The number of hydrogen-bond donors (Lipinski definition) is 1. The average molecular weight is 266 g/mol. The zero-order valence-electron chi connectivity index (χ0n) is 11.1. The number of nitrogens with zero attached hydrogens (tertiary/aromatic N) is 3. The summed E-state index contributed by atoms with van der Waals surface area (Å²) in [6.07, 6.45) is 1.75. The minimum Gasteiger partial charge on any atom is -0.424 e.